The lowest BCUT2D eigenvalue weighted by Gasteiger charge is -2.07. The number of fused-ring (bicyclic) bond motifs is 1. The van der Waals surface area contributed by atoms with Crippen LogP contribution in [0, 0.1) is 0 Å². The van der Waals surface area contributed by atoms with Gasteiger partial charge in [0.25, 0.3) is 0 Å². The third-order valence-electron chi connectivity index (χ3n) is 4.12. The smallest absolute Gasteiger partial charge is 0.416 e. The van der Waals surface area contributed by atoms with Gasteiger partial charge in [-0.3, -0.25) is 0 Å². The Kier molecular flexibility index (Phi) is 7.27. The fourth-order valence-corrected chi connectivity index (χ4v) is 3.09. The average molecular weight is 483 g/mol. The molecule has 1 N–H and O–H groups in total. The molecule has 0 radical (unpaired) electrons. The van der Waals surface area contributed by atoms with Crippen LogP contribution in [-0.2, 0) is 11.0 Å². The van der Waals surface area contributed by atoms with Gasteiger partial charge >= 0.3 is 12.1 Å². The molecule has 0 aliphatic rings. The molecule has 0 unspecified atom stereocenters. The van der Waals surface area contributed by atoms with E-state index in [-0.39, 0.29) is 0 Å². The number of ether oxygens (including phenoxy) is 1. The summed E-state index contributed by atoms with van der Waals surface area (Å²) in [5.41, 5.74) is 0.750. The Labute approximate surface area is 190 Å². The van der Waals surface area contributed by atoms with Crippen molar-refractivity contribution in [3.05, 3.63) is 88.5 Å². The van der Waals surface area contributed by atoms with Crippen LogP contribution in [0.25, 0.3) is 16.6 Å². The van der Waals surface area contributed by atoms with Gasteiger partial charge in [-0.1, -0.05) is 41.4 Å². The van der Waals surface area contributed by atoms with E-state index in [9.17, 15) is 18.0 Å². The number of hydrogen-bond acceptors (Lipinski definition) is 3. The summed E-state index contributed by atoms with van der Waals surface area (Å²) in [6.07, 6.45) is -2.52. The second-order valence-corrected chi connectivity index (χ2v) is 7.28. The van der Waals surface area contributed by atoms with Crippen LogP contribution in [-0.4, -0.2) is 27.5 Å². The van der Waals surface area contributed by atoms with Crippen molar-refractivity contribution in [2.45, 2.75) is 6.18 Å². The van der Waals surface area contributed by atoms with E-state index < -0.39 is 24.3 Å². The summed E-state index contributed by atoms with van der Waals surface area (Å²) < 4.78 is 43.8. The predicted molar refractivity (Wildman–Crippen MR) is 116 cm³/mol. The highest BCUT2D eigenvalue weighted by Crippen LogP contribution is 2.30. The first-order valence-corrected chi connectivity index (χ1v) is 9.81. The van der Waals surface area contributed by atoms with E-state index in [0.717, 1.165) is 23.0 Å². The van der Waals surface area contributed by atoms with E-state index in [0.29, 0.717) is 21.5 Å². The maximum absolute atomic E-state index is 12.5. The van der Waals surface area contributed by atoms with E-state index in [4.69, 9.17) is 33.0 Å². The van der Waals surface area contributed by atoms with Crippen LogP contribution >= 0.6 is 23.2 Å². The third-order valence-corrected chi connectivity index (χ3v) is 4.65. The molecule has 1 heterocycles. The minimum atomic E-state index is -4.31. The van der Waals surface area contributed by atoms with Crippen LogP contribution < -0.4 is 4.74 Å². The zero-order chi connectivity index (χ0) is 23.3. The molecule has 0 atom stereocenters. The highest BCUT2D eigenvalue weighted by molar-refractivity contribution is 6.35. The minimum Gasteiger partial charge on any atom is -0.480 e. The lowest BCUT2D eigenvalue weighted by Crippen LogP contribution is -2.09. The number of benzene rings is 3. The molecule has 0 aliphatic carbocycles. The Hall–Kier alpha value is -3.23. The fraction of sp³-hybridized carbons (Fsp3) is 0.0909. The van der Waals surface area contributed by atoms with Crippen molar-refractivity contribution in [1.29, 1.82) is 0 Å². The molecule has 5 nitrogen and oxygen atoms in total. The summed E-state index contributed by atoms with van der Waals surface area (Å²) in [5.74, 6) is -0.737. The summed E-state index contributed by atoms with van der Waals surface area (Å²) in [6, 6.07) is 17.0. The zero-order valence-corrected chi connectivity index (χ0v) is 17.7. The molecule has 1 aromatic heterocycles. The highest BCUT2D eigenvalue weighted by atomic mass is 35.5. The lowest BCUT2D eigenvalue weighted by molar-refractivity contribution is -0.139. The highest BCUT2D eigenvalue weighted by Gasteiger charge is 2.30. The largest absolute Gasteiger partial charge is 0.480 e. The summed E-state index contributed by atoms with van der Waals surface area (Å²) in [5, 5.41) is 14.4. The Morgan fingerprint density at radius 3 is 2.31 bits per heavy atom. The molecule has 4 rings (SSSR count). The summed E-state index contributed by atoms with van der Waals surface area (Å²) >= 11 is 11.3. The minimum absolute atomic E-state index is 0.300. The summed E-state index contributed by atoms with van der Waals surface area (Å²) in [7, 11) is 0. The van der Waals surface area contributed by atoms with Crippen molar-refractivity contribution in [3.63, 3.8) is 0 Å². The number of carbonyl (C=O) groups is 1. The van der Waals surface area contributed by atoms with E-state index in [1.54, 1.807) is 16.9 Å². The second kappa shape index (κ2) is 9.93. The van der Waals surface area contributed by atoms with Crippen LogP contribution in [0.3, 0.4) is 0 Å². The van der Waals surface area contributed by atoms with E-state index in [1.165, 1.54) is 24.3 Å². The molecule has 0 aliphatic heterocycles. The van der Waals surface area contributed by atoms with Crippen molar-refractivity contribution < 1.29 is 27.8 Å². The quantitative estimate of drug-likeness (QED) is 0.360. The maximum Gasteiger partial charge on any atom is 0.416 e. The molecular weight excluding hydrogens is 468 g/mol. The first kappa shape index (κ1) is 23.4. The van der Waals surface area contributed by atoms with Gasteiger partial charge in [-0.15, -0.1) is 0 Å². The predicted octanol–water partition coefficient (Wildman–Crippen LogP) is 6.50. The Morgan fingerprint density at radius 1 is 1.03 bits per heavy atom. The van der Waals surface area contributed by atoms with Gasteiger partial charge in [0, 0.05) is 16.6 Å². The monoisotopic (exact) mass is 482 g/mol. The van der Waals surface area contributed by atoms with E-state index in [1.807, 2.05) is 24.3 Å². The average Bonchev–Trinajstić information content (AvgIpc) is 3.17. The van der Waals surface area contributed by atoms with Crippen LogP contribution in [0.5, 0.6) is 5.75 Å². The molecule has 4 aromatic rings. The van der Waals surface area contributed by atoms with E-state index >= 15 is 0 Å². The third kappa shape index (κ3) is 6.15. The standard InChI is InChI=1S/C14H9F3N2.C8H6Cl2O3/c15-14(16,17)11-5-7-12(8-6-11)19-9-10-3-1-2-4-13(10)18-19;9-5-1-2-7(6(10)3-5)13-4-8(11)12/h1-9H;1-3H,4H2,(H,11,12). The SMILES string of the molecule is FC(F)(F)c1ccc(-n2cc3ccccc3n2)cc1.O=C(O)COc1ccc(Cl)cc1Cl. The molecule has 0 spiro atoms. The number of carboxylic acid groups (broad SMARTS) is 1. The molecule has 0 saturated carbocycles. The molecule has 0 bridgehead atoms. The maximum atomic E-state index is 12.5. The number of alkyl halides is 3. The Balaban J connectivity index is 0.000000195. The van der Waals surface area contributed by atoms with Crippen LogP contribution in [0.4, 0.5) is 13.2 Å². The summed E-state index contributed by atoms with van der Waals surface area (Å²) in [6.45, 7) is -0.415. The zero-order valence-electron chi connectivity index (χ0n) is 16.2. The number of aromatic nitrogens is 2. The molecule has 166 valence electrons. The van der Waals surface area contributed by atoms with Crippen molar-refractivity contribution in [2.24, 2.45) is 0 Å². The first-order chi connectivity index (χ1) is 15.1. The van der Waals surface area contributed by atoms with Gasteiger partial charge in [0.15, 0.2) is 6.61 Å². The topological polar surface area (TPSA) is 64.4 Å². The van der Waals surface area contributed by atoms with Gasteiger partial charge in [0.1, 0.15) is 5.75 Å². The van der Waals surface area contributed by atoms with Crippen molar-refractivity contribution >= 4 is 40.1 Å². The molecule has 32 heavy (non-hydrogen) atoms. The first-order valence-electron chi connectivity index (χ1n) is 9.05. The van der Waals surface area contributed by atoms with Gasteiger partial charge in [-0.2, -0.15) is 18.3 Å². The van der Waals surface area contributed by atoms with Gasteiger partial charge < -0.3 is 9.84 Å². The number of rotatable bonds is 4. The van der Waals surface area contributed by atoms with E-state index in [2.05, 4.69) is 5.10 Å². The van der Waals surface area contributed by atoms with Crippen LogP contribution in [0.1, 0.15) is 5.56 Å². The molecular formula is C22H15Cl2F3N2O3. The normalized spacial score (nSPS) is 11.0. The molecule has 0 amide bonds. The van der Waals surface area contributed by atoms with Gasteiger partial charge in [-0.25, -0.2) is 9.48 Å². The second-order valence-electron chi connectivity index (χ2n) is 6.43. The van der Waals surface area contributed by atoms with Gasteiger partial charge in [0.2, 0.25) is 0 Å². The number of carboxylic acids is 1. The molecule has 0 saturated heterocycles. The number of hydrogen-bond donors (Lipinski definition) is 1. The Morgan fingerprint density at radius 2 is 1.72 bits per heavy atom. The number of aliphatic carboxylic acids is 1. The van der Waals surface area contributed by atoms with Crippen molar-refractivity contribution in [1.82, 2.24) is 9.78 Å². The number of nitrogens with zero attached hydrogens (tertiary/aromatic N) is 2. The molecule has 3 aromatic carbocycles. The van der Waals surface area contributed by atoms with Gasteiger partial charge in [-0.05, 0) is 48.5 Å². The fourth-order valence-electron chi connectivity index (χ4n) is 2.63. The van der Waals surface area contributed by atoms with Crippen molar-refractivity contribution in [2.75, 3.05) is 6.61 Å². The lowest BCUT2D eigenvalue weighted by atomic mass is 10.2. The Bertz CT molecular complexity index is 1190. The van der Waals surface area contributed by atoms with Crippen LogP contribution in [0.2, 0.25) is 10.0 Å². The molecule has 0 fully saturated rings. The van der Waals surface area contributed by atoms with Gasteiger partial charge in [0.05, 0.1) is 21.8 Å². The molecule has 10 heteroatoms. The van der Waals surface area contributed by atoms with Crippen LogP contribution in [0.15, 0.2) is 72.9 Å². The van der Waals surface area contributed by atoms with Crippen molar-refractivity contribution in [3.8, 4) is 11.4 Å². The number of halogens is 5. The summed E-state index contributed by atoms with van der Waals surface area (Å²) in [4.78, 5) is 10.2.